The third kappa shape index (κ3) is 5.15. The van der Waals surface area contributed by atoms with Gasteiger partial charge in [-0.1, -0.05) is 41.9 Å². The molecule has 0 saturated heterocycles. The Morgan fingerprint density at radius 1 is 0.889 bits per heavy atom. The minimum atomic E-state index is -0.319. The highest BCUT2D eigenvalue weighted by Gasteiger charge is 2.12. The van der Waals surface area contributed by atoms with Crippen LogP contribution in [0.1, 0.15) is 26.3 Å². The summed E-state index contributed by atoms with van der Waals surface area (Å²) < 4.78 is 0. The van der Waals surface area contributed by atoms with Crippen LogP contribution < -0.4 is 10.6 Å². The maximum absolute atomic E-state index is 12.4. The molecule has 6 heteroatoms. The van der Waals surface area contributed by atoms with Gasteiger partial charge in [-0.25, -0.2) is 0 Å². The van der Waals surface area contributed by atoms with Crippen molar-refractivity contribution < 1.29 is 9.59 Å². The number of halogens is 1. The molecule has 0 atom stereocenters. The fraction of sp³-hybridized carbons (Fsp3) is 0.0952. The Kier molecular flexibility index (Phi) is 6.18. The van der Waals surface area contributed by atoms with Gasteiger partial charge in [0.05, 0.1) is 10.7 Å². The van der Waals surface area contributed by atoms with Crippen molar-refractivity contribution in [3.05, 3.63) is 94.8 Å². The second kappa shape index (κ2) is 8.96. The molecule has 1 heterocycles. The molecule has 0 bridgehead atoms. The van der Waals surface area contributed by atoms with Crippen LogP contribution in [0.3, 0.4) is 0 Å². The van der Waals surface area contributed by atoms with Gasteiger partial charge in [0.15, 0.2) is 0 Å². The minimum Gasteiger partial charge on any atom is -0.352 e. The van der Waals surface area contributed by atoms with E-state index >= 15 is 0 Å². The quantitative estimate of drug-likeness (QED) is 0.681. The topological polar surface area (TPSA) is 71.1 Å². The van der Waals surface area contributed by atoms with Crippen LogP contribution in [0.15, 0.2) is 73.1 Å². The zero-order valence-corrected chi connectivity index (χ0v) is 15.2. The zero-order valence-electron chi connectivity index (χ0n) is 14.5. The molecule has 0 fully saturated rings. The van der Waals surface area contributed by atoms with E-state index in [9.17, 15) is 9.59 Å². The van der Waals surface area contributed by atoms with Gasteiger partial charge in [0.1, 0.15) is 0 Å². The van der Waals surface area contributed by atoms with Gasteiger partial charge in [-0.05, 0) is 42.3 Å². The van der Waals surface area contributed by atoms with E-state index in [0.717, 1.165) is 12.0 Å². The first kappa shape index (κ1) is 18.6. The number of nitrogens with zero attached hydrogens (tertiary/aromatic N) is 1. The van der Waals surface area contributed by atoms with Gasteiger partial charge in [0.2, 0.25) is 0 Å². The second-order valence-electron chi connectivity index (χ2n) is 5.88. The summed E-state index contributed by atoms with van der Waals surface area (Å²) in [5, 5.41) is 5.96. The van der Waals surface area contributed by atoms with E-state index in [1.165, 1.54) is 12.4 Å². The van der Waals surface area contributed by atoms with Crippen molar-refractivity contribution in [1.29, 1.82) is 0 Å². The van der Waals surface area contributed by atoms with Gasteiger partial charge >= 0.3 is 0 Å². The summed E-state index contributed by atoms with van der Waals surface area (Å²) in [5.41, 5.74) is 2.42. The highest BCUT2D eigenvalue weighted by molar-refractivity contribution is 6.34. The summed E-state index contributed by atoms with van der Waals surface area (Å²) in [5.74, 6) is -0.539. The first-order valence-electron chi connectivity index (χ1n) is 8.46. The summed E-state index contributed by atoms with van der Waals surface area (Å²) in [6.45, 7) is 0.518. The number of carbonyl (C=O) groups excluding carboxylic acids is 2. The summed E-state index contributed by atoms with van der Waals surface area (Å²) in [6.07, 6.45) is 3.81. The van der Waals surface area contributed by atoms with Crippen LogP contribution in [-0.2, 0) is 6.42 Å². The number of amides is 2. The number of nitrogens with one attached hydrogen (secondary N) is 2. The Bertz CT molecular complexity index is 931. The van der Waals surface area contributed by atoms with Crippen LogP contribution in [0.2, 0.25) is 5.02 Å². The van der Waals surface area contributed by atoms with Crippen LogP contribution in [-0.4, -0.2) is 23.3 Å². The Labute approximate surface area is 162 Å². The first-order chi connectivity index (χ1) is 13.1. The third-order valence-corrected chi connectivity index (χ3v) is 4.29. The lowest BCUT2D eigenvalue weighted by Crippen LogP contribution is -2.25. The molecular formula is C21H18ClN3O2. The van der Waals surface area contributed by atoms with E-state index in [2.05, 4.69) is 15.6 Å². The van der Waals surface area contributed by atoms with E-state index in [0.29, 0.717) is 28.4 Å². The van der Waals surface area contributed by atoms with Gasteiger partial charge < -0.3 is 10.6 Å². The number of benzene rings is 2. The summed E-state index contributed by atoms with van der Waals surface area (Å²) in [7, 11) is 0. The van der Waals surface area contributed by atoms with Crippen molar-refractivity contribution in [3.63, 3.8) is 0 Å². The molecule has 2 N–H and O–H groups in total. The molecule has 136 valence electrons. The van der Waals surface area contributed by atoms with Gasteiger partial charge in [0, 0.05) is 30.1 Å². The fourth-order valence-corrected chi connectivity index (χ4v) is 2.69. The zero-order chi connectivity index (χ0) is 19.1. The van der Waals surface area contributed by atoms with Crippen LogP contribution >= 0.6 is 11.6 Å². The number of rotatable bonds is 6. The molecule has 0 aliphatic carbocycles. The molecule has 0 aliphatic rings. The molecule has 27 heavy (non-hydrogen) atoms. The van der Waals surface area contributed by atoms with Crippen molar-refractivity contribution in [2.45, 2.75) is 6.42 Å². The number of carbonyl (C=O) groups is 2. The highest BCUT2D eigenvalue weighted by Crippen LogP contribution is 2.23. The van der Waals surface area contributed by atoms with Gasteiger partial charge in [-0.2, -0.15) is 0 Å². The number of aromatic nitrogens is 1. The summed E-state index contributed by atoms with van der Waals surface area (Å²) in [6, 6.07) is 17.9. The Morgan fingerprint density at radius 2 is 1.63 bits per heavy atom. The number of hydrogen-bond donors (Lipinski definition) is 2. The molecule has 2 amide bonds. The normalized spacial score (nSPS) is 10.3. The predicted molar refractivity (Wildman–Crippen MR) is 106 cm³/mol. The largest absolute Gasteiger partial charge is 0.352 e. The minimum absolute atomic E-state index is 0.220. The maximum Gasteiger partial charge on any atom is 0.255 e. The van der Waals surface area contributed by atoms with Gasteiger partial charge in [-0.15, -0.1) is 0 Å². The van der Waals surface area contributed by atoms with Crippen molar-refractivity contribution in [2.24, 2.45) is 0 Å². The number of anilines is 1. The number of pyridine rings is 1. The lowest BCUT2D eigenvalue weighted by Gasteiger charge is -2.10. The van der Waals surface area contributed by atoms with E-state index in [1.54, 1.807) is 30.3 Å². The molecule has 0 aliphatic heterocycles. The Hall–Kier alpha value is -3.18. The molecule has 0 radical (unpaired) electrons. The molecule has 0 saturated carbocycles. The van der Waals surface area contributed by atoms with Crippen molar-refractivity contribution in [3.8, 4) is 0 Å². The predicted octanol–water partition coefficient (Wildman–Crippen LogP) is 3.96. The average molecular weight is 380 g/mol. The second-order valence-corrected chi connectivity index (χ2v) is 6.28. The number of hydrogen-bond acceptors (Lipinski definition) is 3. The van der Waals surface area contributed by atoms with E-state index in [-0.39, 0.29) is 11.8 Å². The summed E-state index contributed by atoms with van der Waals surface area (Å²) >= 11 is 6.16. The first-order valence-corrected chi connectivity index (χ1v) is 8.84. The summed E-state index contributed by atoms with van der Waals surface area (Å²) in [4.78, 5) is 28.5. The lowest BCUT2D eigenvalue weighted by atomic mass is 10.1. The van der Waals surface area contributed by atoms with E-state index in [4.69, 9.17) is 11.6 Å². The monoisotopic (exact) mass is 379 g/mol. The van der Waals surface area contributed by atoms with Crippen LogP contribution in [0.25, 0.3) is 0 Å². The highest BCUT2D eigenvalue weighted by atomic mass is 35.5. The van der Waals surface area contributed by atoms with Gasteiger partial charge in [0.25, 0.3) is 11.8 Å². The van der Waals surface area contributed by atoms with Crippen molar-refractivity contribution in [2.75, 3.05) is 11.9 Å². The van der Waals surface area contributed by atoms with Crippen LogP contribution in [0.5, 0.6) is 0 Å². The van der Waals surface area contributed by atoms with Crippen LogP contribution in [0, 0.1) is 0 Å². The van der Waals surface area contributed by atoms with Crippen LogP contribution in [0.4, 0.5) is 5.69 Å². The molecular weight excluding hydrogens is 362 g/mol. The van der Waals surface area contributed by atoms with Gasteiger partial charge in [-0.3, -0.25) is 14.6 Å². The average Bonchev–Trinajstić information content (AvgIpc) is 2.71. The molecule has 3 aromatic rings. The molecule has 0 unspecified atom stereocenters. The molecule has 1 aromatic heterocycles. The third-order valence-electron chi connectivity index (χ3n) is 3.96. The SMILES string of the molecule is O=C(NCCc1ccccc1)c1ccc(Cl)c(NC(=O)c2ccncc2)c1. The van der Waals surface area contributed by atoms with Crippen molar-refractivity contribution in [1.82, 2.24) is 10.3 Å². The molecule has 0 spiro atoms. The lowest BCUT2D eigenvalue weighted by molar-refractivity contribution is 0.0952. The van der Waals surface area contributed by atoms with E-state index < -0.39 is 0 Å². The van der Waals surface area contributed by atoms with Crippen molar-refractivity contribution >= 4 is 29.1 Å². The smallest absolute Gasteiger partial charge is 0.255 e. The molecule has 5 nitrogen and oxygen atoms in total. The maximum atomic E-state index is 12.4. The Morgan fingerprint density at radius 3 is 2.37 bits per heavy atom. The molecule has 3 rings (SSSR count). The fourth-order valence-electron chi connectivity index (χ4n) is 2.53. The standard InChI is InChI=1S/C21H18ClN3O2/c22-18-7-6-17(20(26)24-13-8-15-4-2-1-3-5-15)14-19(18)25-21(27)16-9-11-23-12-10-16/h1-7,9-12,14H,8,13H2,(H,24,26)(H,25,27). The Balaban J connectivity index is 1.63. The van der Waals surface area contributed by atoms with E-state index in [1.807, 2.05) is 30.3 Å². The molecule has 2 aromatic carbocycles.